The second-order valence-corrected chi connectivity index (χ2v) is 7.30. The summed E-state index contributed by atoms with van der Waals surface area (Å²) in [4.78, 5) is 0. The van der Waals surface area contributed by atoms with Crippen molar-refractivity contribution in [2.45, 2.75) is 0 Å². The number of pyridine rings is 2. The van der Waals surface area contributed by atoms with E-state index >= 15 is 0 Å². The fourth-order valence-electron chi connectivity index (χ4n) is 3.69. The minimum Gasteiger partial charge on any atom is -0.306 e. The molecule has 0 aliphatic heterocycles. The summed E-state index contributed by atoms with van der Waals surface area (Å²) in [6.45, 7) is 0. The Bertz CT molecular complexity index is 1190. The Morgan fingerprint density at radius 1 is 0.619 bits per heavy atom. The number of benzene rings is 1. The average Bonchev–Trinajstić information content (AvgIpc) is 3.24. The van der Waals surface area contributed by atoms with E-state index in [4.69, 9.17) is 0 Å². The number of fused-ring (bicyclic) bond motifs is 6. The molecular weight excluding hydrogens is 294 g/mol. The molecule has 5 aromatic heterocycles. The minimum atomic E-state index is 1.34. The summed E-state index contributed by atoms with van der Waals surface area (Å²) < 4.78 is 5.25. The van der Waals surface area contributed by atoms with Gasteiger partial charge in [-0.15, -0.1) is 22.7 Å². The number of hydrogen-bond donors (Lipinski definition) is 0. The first-order chi connectivity index (χ1) is 10.4. The quantitative estimate of drug-likeness (QED) is 0.319. The van der Waals surface area contributed by atoms with Gasteiger partial charge in [0.1, 0.15) is 0 Å². The molecule has 0 aliphatic carbocycles. The lowest BCUT2D eigenvalue weighted by molar-refractivity contribution is 1.37. The second-order valence-electron chi connectivity index (χ2n) is 5.47. The topological polar surface area (TPSA) is 4.41 Å². The van der Waals surface area contributed by atoms with Crippen molar-refractivity contribution in [3.05, 3.63) is 53.2 Å². The van der Waals surface area contributed by atoms with Gasteiger partial charge in [-0.05, 0) is 35.0 Å². The predicted octanol–water partition coefficient (Wildman–Crippen LogP) is 6.11. The molecule has 0 unspecified atom stereocenters. The lowest BCUT2D eigenvalue weighted by Gasteiger charge is -2.12. The van der Waals surface area contributed by atoms with Crippen molar-refractivity contribution in [2.24, 2.45) is 0 Å². The van der Waals surface area contributed by atoms with E-state index in [1.807, 2.05) is 22.7 Å². The number of nitrogens with zero attached hydrogens (tertiary/aromatic N) is 1. The fourth-order valence-corrected chi connectivity index (χ4v) is 5.54. The second kappa shape index (κ2) is 3.38. The van der Waals surface area contributed by atoms with Crippen LogP contribution in [0.3, 0.4) is 0 Å². The van der Waals surface area contributed by atoms with Gasteiger partial charge in [0.25, 0.3) is 0 Å². The van der Waals surface area contributed by atoms with Crippen LogP contribution in [0.15, 0.2) is 53.2 Å². The van der Waals surface area contributed by atoms with E-state index in [-0.39, 0.29) is 0 Å². The summed E-state index contributed by atoms with van der Waals surface area (Å²) in [6.07, 6.45) is 0. The van der Waals surface area contributed by atoms with Gasteiger partial charge in [0.2, 0.25) is 0 Å². The van der Waals surface area contributed by atoms with Crippen molar-refractivity contribution in [1.82, 2.24) is 4.40 Å². The Labute approximate surface area is 128 Å². The zero-order valence-corrected chi connectivity index (χ0v) is 12.6. The van der Waals surface area contributed by atoms with Gasteiger partial charge >= 0.3 is 0 Å². The van der Waals surface area contributed by atoms with Crippen molar-refractivity contribution >= 4 is 70.2 Å². The van der Waals surface area contributed by atoms with Gasteiger partial charge < -0.3 is 4.40 Å². The molecule has 0 fully saturated rings. The average molecular weight is 303 g/mol. The number of aromatic nitrogens is 1. The van der Waals surface area contributed by atoms with E-state index in [0.717, 1.165) is 0 Å². The maximum Gasteiger partial charge on any atom is 0.0642 e. The van der Waals surface area contributed by atoms with E-state index < -0.39 is 0 Å². The highest BCUT2D eigenvalue weighted by Gasteiger charge is 2.17. The summed E-state index contributed by atoms with van der Waals surface area (Å²) in [5, 5.41) is 9.91. The SMILES string of the molecule is c1cc2c3ccsc3c3ccc4c5sccc5c(c1)c2n34. The predicted molar refractivity (Wildman–Crippen MR) is 94.4 cm³/mol. The molecule has 0 saturated heterocycles. The molecule has 0 atom stereocenters. The third-order valence-electron chi connectivity index (χ3n) is 4.52. The van der Waals surface area contributed by atoms with Gasteiger partial charge in [-0.3, -0.25) is 0 Å². The van der Waals surface area contributed by atoms with Crippen LogP contribution in [0.25, 0.3) is 47.5 Å². The Balaban J connectivity index is 2.21. The standard InChI is InChI=1S/C18H9NS2/c1-2-10-12-6-8-20-17(12)14-4-5-15-18-13(7-9-21-18)11(3-1)16(10)19(14)15/h1-9H. The van der Waals surface area contributed by atoms with E-state index in [9.17, 15) is 0 Å². The Kier molecular flexibility index (Phi) is 1.71. The molecule has 0 bridgehead atoms. The highest BCUT2D eigenvalue weighted by molar-refractivity contribution is 7.18. The Hall–Kier alpha value is -2.10. The first-order valence-electron chi connectivity index (χ1n) is 6.95. The molecule has 1 aromatic carbocycles. The van der Waals surface area contributed by atoms with Crippen LogP contribution in [0.4, 0.5) is 0 Å². The third-order valence-corrected chi connectivity index (χ3v) is 6.39. The first-order valence-corrected chi connectivity index (χ1v) is 8.71. The van der Waals surface area contributed by atoms with Crippen LogP contribution >= 0.6 is 22.7 Å². The lowest BCUT2D eigenvalue weighted by Crippen LogP contribution is -1.92. The zero-order valence-electron chi connectivity index (χ0n) is 11.0. The van der Waals surface area contributed by atoms with Crippen LogP contribution in [-0.2, 0) is 0 Å². The maximum absolute atomic E-state index is 2.46. The lowest BCUT2D eigenvalue weighted by atomic mass is 10.0. The van der Waals surface area contributed by atoms with E-state index in [1.165, 1.54) is 47.5 Å². The first kappa shape index (κ1) is 10.6. The van der Waals surface area contributed by atoms with Crippen LogP contribution in [0.1, 0.15) is 0 Å². The Morgan fingerprint density at radius 3 is 1.76 bits per heavy atom. The summed E-state index contributed by atoms with van der Waals surface area (Å²) >= 11 is 3.68. The van der Waals surface area contributed by atoms with Gasteiger partial charge in [0, 0.05) is 21.5 Å². The monoisotopic (exact) mass is 303 g/mol. The molecule has 21 heavy (non-hydrogen) atoms. The molecule has 0 amide bonds. The van der Waals surface area contributed by atoms with Gasteiger partial charge in [-0.1, -0.05) is 18.2 Å². The molecule has 0 N–H and O–H groups in total. The molecule has 0 spiro atoms. The summed E-state index contributed by atoms with van der Waals surface area (Å²) in [6, 6.07) is 15.8. The molecule has 5 heterocycles. The van der Waals surface area contributed by atoms with Crippen molar-refractivity contribution in [1.29, 1.82) is 0 Å². The highest BCUT2D eigenvalue weighted by Crippen LogP contribution is 2.42. The molecular formula is C18H9NS2. The molecule has 0 saturated carbocycles. The van der Waals surface area contributed by atoms with Gasteiger partial charge in [-0.25, -0.2) is 0 Å². The number of rotatable bonds is 0. The number of hydrogen-bond acceptors (Lipinski definition) is 2. The van der Waals surface area contributed by atoms with Crippen LogP contribution in [-0.4, -0.2) is 4.40 Å². The third kappa shape index (κ3) is 1.07. The van der Waals surface area contributed by atoms with E-state index in [0.29, 0.717) is 0 Å². The molecule has 0 aliphatic rings. The van der Waals surface area contributed by atoms with Gasteiger partial charge in [0.15, 0.2) is 0 Å². The van der Waals surface area contributed by atoms with Crippen LogP contribution in [0.5, 0.6) is 0 Å². The van der Waals surface area contributed by atoms with Gasteiger partial charge in [0.05, 0.1) is 25.9 Å². The van der Waals surface area contributed by atoms with Crippen molar-refractivity contribution in [3.8, 4) is 0 Å². The van der Waals surface area contributed by atoms with Crippen LogP contribution in [0, 0.1) is 0 Å². The molecule has 0 radical (unpaired) electrons. The van der Waals surface area contributed by atoms with Crippen molar-refractivity contribution in [2.75, 3.05) is 0 Å². The van der Waals surface area contributed by atoms with E-state index in [2.05, 4.69) is 57.6 Å². The summed E-state index contributed by atoms with van der Waals surface area (Å²) in [5.41, 5.74) is 4.05. The van der Waals surface area contributed by atoms with Crippen LogP contribution < -0.4 is 0 Å². The zero-order chi connectivity index (χ0) is 13.6. The largest absolute Gasteiger partial charge is 0.306 e. The molecule has 6 aromatic rings. The molecule has 6 rings (SSSR count). The highest BCUT2D eigenvalue weighted by atomic mass is 32.1. The van der Waals surface area contributed by atoms with E-state index in [1.54, 1.807) is 0 Å². The van der Waals surface area contributed by atoms with Crippen LogP contribution in [0.2, 0.25) is 0 Å². The summed E-state index contributed by atoms with van der Waals surface area (Å²) in [7, 11) is 0. The normalized spacial score (nSPS) is 12.8. The van der Waals surface area contributed by atoms with Crippen molar-refractivity contribution in [3.63, 3.8) is 0 Å². The minimum absolute atomic E-state index is 1.34. The van der Waals surface area contributed by atoms with Gasteiger partial charge in [-0.2, -0.15) is 0 Å². The number of para-hydroxylation sites is 1. The Morgan fingerprint density at radius 2 is 1.19 bits per heavy atom. The maximum atomic E-state index is 2.46. The smallest absolute Gasteiger partial charge is 0.0642 e. The van der Waals surface area contributed by atoms with Crippen molar-refractivity contribution < 1.29 is 0 Å². The molecule has 3 heteroatoms. The molecule has 1 nitrogen and oxygen atoms in total. The number of thiophene rings is 2. The fraction of sp³-hybridized carbons (Fsp3) is 0. The summed E-state index contributed by atoms with van der Waals surface area (Å²) in [5.74, 6) is 0. The molecule has 98 valence electrons.